The maximum atomic E-state index is 12.9. The first kappa shape index (κ1) is 21.0. The molecule has 1 heterocycles. The number of benzene rings is 2. The van der Waals surface area contributed by atoms with Crippen molar-refractivity contribution in [3.63, 3.8) is 0 Å². The van der Waals surface area contributed by atoms with Crippen LogP contribution in [0, 0.1) is 5.92 Å². The Hall–Kier alpha value is -2.74. The van der Waals surface area contributed by atoms with Gasteiger partial charge in [-0.15, -0.1) is 0 Å². The van der Waals surface area contributed by atoms with Crippen LogP contribution in [0.5, 0.6) is 5.75 Å². The van der Waals surface area contributed by atoms with Crippen LogP contribution in [-0.4, -0.2) is 39.7 Å². The number of aliphatic carboxylic acids is 1. The molecule has 0 atom stereocenters. The number of piperidine rings is 1. The standard InChI is InChI=1S/C21H26N2O5S/c1-15-9-11-23(12-10-15)18-6-4-17(5-7-18)22-29(26,27)20-13-16(14-21(24)25)3-8-19(20)28-2/h3-8,13,15,22H,9-12,14H2,1-2H3,(H,24,25). The Morgan fingerprint density at radius 3 is 2.41 bits per heavy atom. The number of carboxylic acid groups (broad SMARTS) is 1. The summed E-state index contributed by atoms with van der Waals surface area (Å²) in [7, 11) is -2.57. The van der Waals surface area contributed by atoms with Crippen molar-refractivity contribution in [2.45, 2.75) is 31.1 Å². The highest BCUT2D eigenvalue weighted by atomic mass is 32.2. The van der Waals surface area contributed by atoms with E-state index in [0.29, 0.717) is 11.3 Å². The topological polar surface area (TPSA) is 95.9 Å². The second-order valence-electron chi connectivity index (χ2n) is 7.38. The monoisotopic (exact) mass is 418 g/mol. The summed E-state index contributed by atoms with van der Waals surface area (Å²) in [5.74, 6) is -0.135. The average molecular weight is 419 g/mol. The third-order valence-electron chi connectivity index (χ3n) is 5.14. The minimum Gasteiger partial charge on any atom is -0.495 e. The van der Waals surface area contributed by atoms with Crippen LogP contribution >= 0.6 is 0 Å². The van der Waals surface area contributed by atoms with Gasteiger partial charge in [0.1, 0.15) is 10.6 Å². The molecule has 1 saturated heterocycles. The van der Waals surface area contributed by atoms with Gasteiger partial charge in [0, 0.05) is 24.5 Å². The lowest BCUT2D eigenvalue weighted by Gasteiger charge is -2.32. The number of hydrogen-bond acceptors (Lipinski definition) is 5. The van der Waals surface area contributed by atoms with Crippen LogP contribution in [0.1, 0.15) is 25.3 Å². The molecule has 0 amide bonds. The quantitative estimate of drug-likeness (QED) is 0.716. The van der Waals surface area contributed by atoms with E-state index < -0.39 is 16.0 Å². The summed E-state index contributed by atoms with van der Waals surface area (Å²) in [6.45, 7) is 4.26. The molecule has 2 N–H and O–H groups in total. The highest BCUT2D eigenvalue weighted by molar-refractivity contribution is 7.92. The van der Waals surface area contributed by atoms with Crippen molar-refractivity contribution in [1.29, 1.82) is 0 Å². The van der Waals surface area contributed by atoms with Crippen molar-refractivity contribution in [2.75, 3.05) is 29.8 Å². The van der Waals surface area contributed by atoms with E-state index in [1.165, 1.54) is 19.2 Å². The summed E-state index contributed by atoms with van der Waals surface area (Å²) in [5, 5.41) is 8.97. The smallest absolute Gasteiger partial charge is 0.307 e. The van der Waals surface area contributed by atoms with Crippen molar-refractivity contribution in [2.24, 2.45) is 5.92 Å². The predicted molar refractivity (Wildman–Crippen MR) is 112 cm³/mol. The summed E-state index contributed by atoms with van der Waals surface area (Å²) in [6.07, 6.45) is 2.04. The minimum atomic E-state index is -3.94. The molecule has 0 unspecified atom stereocenters. The van der Waals surface area contributed by atoms with Gasteiger partial charge in [-0.3, -0.25) is 9.52 Å². The summed E-state index contributed by atoms with van der Waals surface area (Å²) in [4.78, 5) is 13.2. The van der Waals surface area contributed by atoms with E-state index in [2.05, 4.69) is 16.5 Å². The summed E-state index contributed by atoms with van der Waals surface area (Å²) in [6, 6.07) is 11.6. The van der Waals surface area contributed by atoms with Crippen molar-refractivity contribution < 1.29 is 23.1 Å². The first-order valence-corrected chi connectivity index (χ1v) is 11.0. The van der Waals surface area contributed by atoms with Crippen molar-refractivity contribution in [3.8, 4) is 5.75 Å². The Kier molecular flexibility index (Phi) is 6.32. The van der Waals surface area contributed by atoms with E-state index in [1.807, 2.05) is 12.1 Å². The third kappa shape index (κ3) is 5.20. The first-order valence-electron chi connectivity index (χ1n) is 9.55. The molecule has 0 bridgehead atoms. The summed E-state index contributed by atoms with van der Waals surface area (Å²) in [5.41, 5.74) is 1.89. The maximum Gasteiger partial charge on any atom is 0.307 e. The van der Waals surface area contributed by atoms with E-state index in [9.17, 15) is 13.2 Å². The zero-order valence-electron chi connectivity index (χ0n) is 16.6. The van der Waals surface area contributed by atoms with Crippen molar-refractivity contribution in [3.05, 3.63) is 48.0 Å². The molecular weight excluding hydrogens is 392 g/mol. The normalized spacial score (nSPS) is 15.2. The zero-order chi connectivity index (χ0) is 21.0. The van der Waals surface area contributed by atoms with Gasteiger partial charge in [-0.25, -0.2) is 8.42 Å². The molecule has 0 radical (unpaired) electrons. The Bertz CT molecular complexity index is 965. The number of nitrogens with one attached hydrogen (secondary N) is 1. The lowest BCUT2D eigenvalue weighted by Crippen LogP contribution is -2.32. The number of hydrogen-bond donors (Lipinski definition) is 2. The van der Waals surface area contributed by atoms with E-state index in [4.69, 9.17) is 9.84 Å². The fourth-order valence-corrected chi connectivity index (χ4v) is 4.71. The third-order valence-corrected chi connectivity index (χ3v) is 6.54. The van der Waals surface area contributed by atoms with Crippen molar-refractivity contribution >= 4 is 27.4 Å². The number of methoxy groups -OCH3 is 1. The Morgan fingerprint density at radius 1 is 1.17 bits per heavy atom. The van der Waals surface area contributed by atoms with Crippen LogP contribution < -0.4 is 14.4 Å². The molecule has 1 fully saturated rings. The molecule has 2 aromatic rings. The Morgan fingerprint density at radius 2 is 1.83 bits per heavy atom. The molecule has 0 spiro atoms. The van der Waals surface area contributed by atoms with Crippen LogP contribution in [0.4, 0.5) is 11.4 Å². The number of rotatable bonds is 7. The predicted octanol–water partition coefficient (Wildman–Crippen LogP) is 3.36. The van der Waals surface area contributed by atoms with Crippen LogP contribution in [0.3, 0.4) is 0 Å². The number of anilines is 2. The maximum absolute atomic E-state index is 12.9. The van der Waals surface area contributed by atoms with Crippen LogP contribution in [0.25, 0.3) is 0 Å². The zero-order valence-corrected chi connectivity index (χ0v) is 17.4. The molecule has 0 saturated carbocycles. The van der Waals surface area contributed by atoms with Crippen LogP contribution in [0.2, 0.25) is 0 Å². The fraction of sp³-hybridized carbons (Fsp3) is 0.381. The highest BCUT2D eigenvalue weighted by Gasteiger charge is 2.21. The van der Waals surface area contributed by atoms with E-state index >= 15 is 0 Å². The van der Waals surface area contributed by atoms with Gasteiger partial charge in [0.2, 0.25) is 0 Å². The van der Waals surface area contributed by atoms with Crippen molar-refractivity contribution in [1.82, 2.24) is 0 Å². The Labute approximate surface area is 171 Å². The van der Waals surface area contributed by atoms with Gasteiger partial charge in [-0.1, -0.05) is 13.0 Å². The van der Waals surface area contributed by atoms with E-state index in [-0.39, 0.29) is 17.1 Å². The average Bonchev–Trinajstić information content (AvgIpc) is 2.68. The molecular formula is C21H26N2O5S. The van der Waals surface area contributed by atoms with Gasteiger partial charge in [-0.2, -0.15) is 0 Å². The van der Waals surface area contributed by atoms with Gasteiger partial charge in [0.15, 0.2) is 0 Å². The van der Waals surface area contributed by atoms with Gasteiger partial charge < -0.3 is 14.7 Å². The molecule has 7 nitrogen and oxygen atoms in total. The second kappa shape index (κ2) is 8.73. The molecule has 29 heavy (non-hydrogen) atoms. The summed E-state index contributed by atoms with van der Waals surface area (Å²) < 4.78 is 33.5. The number of carboxylic acids is 1. The largest absolute Gasteiger partial charge is 0.495 e. The molecule has 0 aliphatic carbocycles. The van der Waals surface area contributed by atoms with Gasteiger partial charge in [-0.05, 0) is 60.7 Å². The van der Waals surface area contributed by atoms with Crippen LogP contribution in [-0.2, 0) is 21.2 Å². The second-order valence-corrected chi connectivity index (χ2v) is 9.03. The Balaban J connectivity index is 1.79. The number of sulfonamides is 1. The molecule has 0 aromatic heterocycles. The van der Waals surface area contributed by atoms with E-state index in [1.54, 1.807) is 18.2 Å². The highest BCUT2D eigenvalue weighted by Crippen LogP contribution is 2.29. The lowest BCUT2D eigenvalue weighted by atomic mass is 9.99. The van der Waals surface area contributed by atoms with Gasteiger partial charge in [0.25, 0.3) is 10.0 Å². The molecule has 1 aliphatic rings. The first-order chi connectivity index (χ1) is 13.8. The molecule has 1 aliphatic heterocycles. The number of ether oxygens (including phenoxy) is 1. The SMILES string of the molecule is COc1ccc(CC(=O)O)cc1S(=O)(=O)Nc1ccc(N2CCC(C)CC2)cc1. The molecule has 3 rings (SSSR count). The molecule has 2 aromatic carbocycles. The molecule has 156 valence electrons. The van der Waals surface area contributed by atoms with Crippen LogP contribution in [0.15, 0.2) is 47.4 Å². The molecule has 8 heteroatoms. The number of carbonyl (C=O) groups is 1. The lowest BCUT2D eigenvalue weighted by molar-refractivity contribution is -0.136. The van der Waals surface area contributed by atoms with Gasteiger partial charge >= 0.3 is 5.97 Å². The number of nitrogens with zero attached hydrogens (tertiary/aromatic N) is 1. The van der Waals surface area contributed by atoms with E-state index in [0.717, 1.165) is 37.5 Å². The minimum absolute atomic E-state index is 0.0900. The van der Waals surface area contributed by atoms with Gasteiger partial charge in [0.05, 0.1) is 13.5 Å². The fourth-order valence-electron chi connectivity index (χ4n) is 3.43. The summed E-state index contributed by atoms with van der Waals surface area (Å²) >= 11 is 0.